The molecule has 0 saturated carbocycles. The summed E-state index contributed by atoms with van der Waals surface area (Å²) in [5.74, 6) is -0.346. The standard InChI is InChI=1S/C17H17Cl2N3O2/c1-10(2)7-21-16(23)11-5-12(9-20-8-11)17(24)22-15-4-3-13(18)6-14(15)19/h3-6,8-10H,7H2,1-2H3,(H,21,23)(H,22,24). The van der Waals surface area contributed by atoms with E-state index in [2.05, 4.69) is 15.6 Å². The smallest absolute Gasteiger partial charge is 0.257 e. The van der Waals surface area contributed by atoms with E-state index in [1.807, 2.05) is 13.8 Å². The molecule has 0 fully saturated rings. The fourth-order valence-corrected chi connectivity index (χ4v) is 2.33. The Morgan fingerprint density at radius 2 is 1.75 bits per heavy atom. The van der Waals surface area contributed by atoms with Gasteiger partial charge in [0.25, 0.3) is 11.8 Å². The molecule has 0 aliphatic rings. The fraction of sp³-hybridized carbons (Fsp3) is 0.235. The van der Waals surface area contributed by atoms with Crippen molar-refractivity contribution in [3.63, 3.8) is 0 Å². The maximum atomic E-state index is 12.3. The van der Waals surface area contributed by atoms with Crippen molar-refractivity contribution in [1.82, 2.24) is 10.3 Å². The predicted molar refractivity (Wildman–Crippen MR) is 95.8 cm³/mol. The van der Waals surface area contributed by atoms with Crippen molar-refractivity contribution in [2.45, 2.75) is 13.8 Å². The van der Waals surface area contributed by atoms with Crippen molar-refractivity contribution in [3.8, 4) is 0 Å². The molecular formula is C17H17Cl2N3O2. The first-order valence-corrected chi connectivity index (χ1v) is 8.12. The van der Waals surface area contributed by atoms with Gasteiger partial charge in [-0.25, -0.2) is 0 Å². The molecule has 126 valence electrons. The monoisotopic (exact) mass is 365 g/mol. The van der Waals surface area contributed by atoms with Crippen LogP contribution in [-0.4, -0.2) is 23.3 Å². The molecule has 2 aromatic rings. The Bertz CT molecular complexity index is 763. The first kappa shape index (κ1) is 18.2. The molecule has 1 aromatic carbocycles. The minimum Gasteiger partial charge on any atom is -0.352 e. The third kappa shape index (κ3) is 4.94. The maximum absolute atomic E-state index is 12.3. The van der Waals surface area contributed by atoms with E-state index in [-0.39, 0.29) is 11.5 Å². The summed E-state index contributed by atoms with van der Waals surface area (Å²) in [5, 5.41) is 6.26. The number of hydrogen-bond acceptors (Lipinski definition) is 3. The van der Waals surface area contributed by atoms with E-state index in [9.17, 15) is 9.59 Å². The largest absolute Gasteiger partial charge is 0.352 e. The number of anilines is 1. The lowest BCUT2D eigenvalue weighted by Crippen LogP contribution is -2.27. The second-order valence-electron chi connectivity index (χ2n) is 5.64. The molecule has 0 aliphatic heterocycles. The van der Waals surface area contributed by atoms with E-state index >= 15 is 0 Å². The van der Waals surface area contributed by atoms with Crippen LogP contribution in [0.15, 0.2) is 36.7 Å². The minimum atomic E-state index is -0.412. The number of rotatable bonds is 5. The van der Waals surface area contributed by atoms with Crippen LogP contribution in [0.3, 0.4) is 0 Å². The van der Waals surface area contributed by atoms with Crippen LogP contribution in [-0.2, 0) is 0 Å². The highest BCUT2D eigenvalue weighted by atomic mass is 35.5. The van der Waals surface area contributed by atoms with Gasteiger partial charge in [0, 0.05) is 24.0 Å². The number of nitrogens with one attached hydrogen (secondary N) is 2. The van der Waals surface area contributed by atoms with E-state index in [4.69, 9.17) is 23.2 Å². The summed E-state index contributed by atoms with van der Waals surface area (Å²) >= 11 is 11.9. The number of hydrogen-bond donors (Lipinski definition) is 2. The summed E-state index contributed by atoms with van der Waals surface area (Å²) < 4.78 is 0. The zero-order valence-electron chi connectivity index (χ0n) is 13.3. The molecule has 7 heteroatoms. The molecule has 1 aromatic heterocycles. The summed E-state index contributed by atoms with van der Waals surface area (Å²) in [4.78, 5) is 28.3. The molecule has 2 amide bonds. The summed E-state index contributed by atoms with van der Waals surface area (Å²) in [6.45, 7) is 4.55. The molecule has 5 nitrogen and oxygen atoms in total. The van der Waals surface area contributed by atoms with Crippen LogP contribution in [0, 0.1) is 5.92 Å². The molecule has 1 heterocycles. The molecular weight excluding hydrogens is 349 g/mol. The number of halogens is 2. The van der Waals surface area contributed by atoms with Gasteiger partial charge in [0.15, 0.2) is 0 Å². The summed E-state index contributed by atoms with van der Waals surface area (Å²) in [6.07, 6.45) is 2.81. The first-order chi connectivity index (χ1) is 11.4. The maximum Gasteiger partial charge on any atom is 0.257 e. The van der Waals surface area contributed by atoms with Gasteiger partial charge >= 0.3 is 0 Å². The van der Waals surface area contributed by atoms with Crippen LogP contribution in [0.1, 0.15) is 34.6 Å². The number of amides is 2. The number of nitrogens with zero attached hydrogens (tertiary/aromatic N) is 1. The fourth-order valence-electron chi connectivity index (χ4n) is 1.87. The normalized spacial score (nSPS) is 10.5. The van der Waals surface area contributed by atoms with E-state index < -0.39 is 5.91 Å². The molecule has 0 radical (unpaired) electrons. The molecule has 0 unspecified atom stereocenters. The Kier molecular flexibility index (Phi) is 6.17. The van der Waals surface area contributed by atoms with Gasteiger partial charge in [0.05, 0.1) is 21.8 Å². The number of aromatic nitrogens is 1. The average molecular weight is 366 g/mol. The first-order valence-electron chi connectivity index (χ1n) is 7.36. The number of pyridine rings is 1. The lowest BCUT2D eigenvalue weighted by molar-refractivity contribution is 0.0948. The van der Waals surface area contributed by atoms with Crippen LogP contribution >= 0.6 is 23.2 Å². The van der Waals surface area contributed by atoms with Gasteiger partial charge in [-0.1, -0.05) is 37.0 Å². The van der Waals surface area contributed by atoms with Gasteiger partial charge in [0.1, 0.15) is 0 Å². The zero-order valence-corrected chi connectivity index (χ0v) is 14.8. The molecule has 0 aliphatic carbocycles. The van der Waals surface area contributed by atoms with Crippen LogP contribution in [0.4, 0.5) is 5.69 Å². The topological polar surface area (TPSA) is 71.1 Å². The van der Waals surface area contributed by atoms with Crippen molar-refractivity contribution < 1.29 is 9.59 Å². The molecule has 24 heavy (non-hydrogen) atoms. The Labute approximate surface area is 150 Å². The average Bonchev–Trinajstić information content (AvgIpc) is 2.55. The Hall–Kier alpha value is -2.11. The van der Waals surface area contributed by atoms with E-state index in [1.165, 1.54) is 24.5 Å². The second-order valence-corrected chi connectivity index (χ2v) is 6.49. The Balaban J connectivity index is 2.12. The van der Waals surface area contributed by atoms with Gasteiger partial charge in [-0.3, -0.25) is 14.6 Å². The van der Waals surface area contributed by atoms with Gasteiger partial charge in [0.2, 0.25) is 0 Å². The van der Waals surface area contributed by atoms with Crippen molar-refractivity contribution in [2.75, 3.05) is 11.9 Å². The van der Waals surface area contributed by atoms with Crippen LogP contribution < -0.4 is 10.6 Å². The van der Waals surface area contributed by atoms with E-state index in [0.29, 0.717) is 33.8 Å². The molecule has 0 atom stereocenters. The third-order valence-electron chi connectivity index (χ3n) is 3.11. The Morgan fingerprint density at radius 1 is 1.08 bits per heavy atom. The highest BCUT2D eigenvalue weighted by Gasteiger charge is 2.13. The number of carbonyl (C=O) groups excluding carboxylic acids is 2. The van der Waals surface area contributed by atoms with Crippen LogP contribution in [0.5, 0.6) is 0 Å². The molecule has 2 N–H and O–H groups in total. The highest BCUT2D eigenvalue weighted by Crippen LogP contribution is 2.25. The summed E-state index contributed by atoms with van der Waals surface area (Å²) in [5.41, 5.74) is 1.02. The minimum absolute atomic E-state index is 0.262. The number of benzene rings is 1. The quantitative estimate of drug-likeness (QED) is 0.840. The molecule has 0 bridgehead atoms. The van der Waals surface area contributed by atoms with Crippen molar-refractivity contribution >= 4 is 40.7 Å². The van der Waals surface area contributed by atoms with Crippen molar-refractivity contribution in [2.24, 2.45) is 5.92 Å². The van der Waals surface area contributed by atoms with Crippen molar-refractivity contribution in [3.05, 3.63) is 57.8 Å². The Morgan fingerprint density at radius 3 is 2.38 bits per heavy atom. The predicted octanol–water partition coefficient (Wildman–Crippen LogP) is 4.03. The van der Waals surface area contributed by atoms with Crippen LogP contribution in [0.2, 0.25) is 10.0 Å². The van der Waals surface area contributed by atoms with Gasteiger partial charge in [-0.05, 0) is 30.2 Å². The van der Waals surface area contributed by atoms with Crippen LogP contribution in [0.25, 0.3) is 0 Å². The van der Waals surface area contributed by atoms with Gasteiger partial charge in [-0.2, -0.15) is 0 Å². The molecule has 0 spiro atoms. The summed E-state index contributed by atoms with van der Waals surface area (Å²) in [6, 6.07) is 6.25. The molecule has 0 saturated heterocycles. The van der Waals surface area contributed by atoms with Crippen molar-refractivity contribution in [1.29, 1.82) is 0 Å². The van der Waals surface area contributed by atoms with Gasteiger partial charge < -0.3 is 10.6 Å². The lowest BCUT2D eigenvalue weighted by Gasteiger charge is -2.09. The van der Waals surface area contributed by atoms with E-state index in [1.54, 1.807) is 12.1 Å². The van der Waals surface area contributed by atoms with Gasteiger partial charge in [-0.15, -0.1) is 0 Å². The third-order valence-corrected chi connectivity index (χ3v) is 3.66. The number of carbonyl (C=O) groups is 2. The second kappa shape index (κ2) is 8.13. The zero-order chi connectivity index (χ0) is 17.7. The SMILES string of the molecule is CC(C)CNC(=O)c1cncc(C(=O)Nc2ccc(Cl)cc2Cl)c1. The highest BCUT2D eigenvalue weighted by molar-refractivity contribution is 6.36. The summed E-state index contributed by atoms with van der Waals surface area (Å²) in [7, 11) is 0. The van der Waals surface area contributed by atoms with E-state index in [0.717, 1.165) is 0 Å². The lowest BCUT2D eigenvalue weighted by atomic mass is 10.1. The molecule has 2 rings (SSSR count).